The molecule has 2 N–H and O–H groups in total. The molecular weight excluding hydrogens is 383 g/mol. The topological polar surface area (TPSA) is 66.0 Å². The van der Waals surface area contributed by atoms with Gasteiger partial charge in [0.2, 0.25) is 0 Å². The van der Waals surface area contributed by atoms with Crippen LogP contribution in [0.5, 0.6) is 0 Å². The van der Waals surface area contributed by atoms with Crippen LogP contribution in [-0.2, 0) is 4.74 Å². The monoisotopic (exact) mass is 412 g/mol. The molecule has 1 aliphatic rings. The fraction of sp³-hybridized carbons (Fsp3) is 0.857. The normalized spacial score (nSPS) is 16.1. The first-order valence-electron chi connectivity index (χ1n) is 7.16. The highest BCUT2D eigenvalue weighted by Crippen LogP contribution is 2.15. The van der Waals surface area contributed by atoms with Gasteiger partial charge in [0.15, 0.2) is 5.96 Å². The number of hydrogen-bond acceptors (Lipinski definition) is 3. The van der Waals surface area contributed by atoms with E-state index in [-0.39, 0.29) is 36.1 Å². The minimum atomic E-state index is -0.440. The Morgan fingerprint density at radius 1 is 1.38 bits per heavy atom. The smallest absolute Gasteiger partial charge is 0.410 e. The predicted molar refractivity (Wildman–Crippen MR) is 96.3 cm³/mol. The van der Waals surface area contributed by atoms with Crippen molar-refractivity contribution >= 4 is 36.0 Å². The van der Waals surface area contributed by atoms with Crippen molar-refractivity contribution in [2.75, 3.05) is 26.7 Å². The van der Waals surface area contributed by atoms with Crippen molar-refractivity contribution < 1.29 is 9.53 Å². The molecule has 1 rings (SSSR count). The first-order chi connectivity index (χ1) is 9.21. The van der Waals surface area contributed by atoms with Gasteiger partial charge in [-0.05, 0) is 26.7 Å². The molecule has 0 aromatic heterocycles. The summed E-state index contributed by atoms with van der Waals surface area (Å²) < 4.78 is 5.31. The Labute approximate surface area is 145 Å². The second-order valence-electron chi connectivity index (χ2n) is 6.57. The zero-order valence-electron chi connectivity index (χ0n) is 13.9. The summed E-state index contributed by atoms with van der Waals surface area (Å²) in [5.74, 6) is 1.35. The van der Waals surface area contributed by atoms with E-state index in [0.717, 1.165) is 12.5 Å². The van der Waals surface area contributed by atoms with E-state index < -0.39 is 5.60 Å². The number of aliphatic imine (C=N–C) groups is 1. The largest absolute Gasteiger partial charge is 0.444 e. The molecular formula is C14H29IN4O2. The number of rotatable bonds is 3. The lowest BCUT2D eigenvalue weighted by Gasteiger charge is -2.40. The van der Waals surface area contributed by atoms with Gasteiger partial charge >= 0.3 is 6.09 Å². The molecule has 0 aromatic rings. The fourth-order valence-corrected chi connectivity index (χ4v) is 1.73. The Morgan fingerprint density at radius 2 is 1.95 bits per heavy atom. The summed E-state index contributed by atoms with van der Waals surface area (Å²) in [5, 5.41) is 6.55. The van der Waals surface area contributed by atoms with Crippen molar-refractivity contribution in [1.82, 2.24) is 15.5 Å². The lowest BCUT2D eigenvalue weighted by molar-refractivity contribution is 0.00701. The third-order valence-corrected chi connectivity index (χ3v) is 2.78. The van der Waals surface area contributed by atoms with Crippen LogP contribution in [-0.4, -0.2) is 55.3 Å². The van der Waals surface area contributed by atoms with Crippen LogP contribution in [0, 0.1) is 5.92 Å². The Balaban J connectivity index is 0.00000400. The van der Waals surface area contributed by atoms with Crippen LogP contribution in [0.25, 0.3) is 0 Å². The van der Waals surface area contributed by atoms with Crippen molar-refractivity contribution in [3.63, 3.8) is 0 Å². The molecule has 7 heteroatoms. The maximum atomic E-state index is 11.8. The number of halogens is 1. The molecule has 1 heterocycles. The summed E-state index contributed by atoms with van der Waals surface area (Å²) in [4.78, 5) is 17.7. The standard InChI is InChI=1S/C14H28N4O2.HI/c1-10(2)7-16-12(15-6)17-11-8-18(9-11)13(19)20-14(3,4)5;/h10-11H,7-9H2,1-6H3,(H2,15,16,17);1H. The van der Waals surface area contributed by atoms with Crippen molar-refractivity contribution in [2.24, 2.45) is 10.9 Å². The first kappa shape index (κ1) is 20.3. The van der Waals surface area contributed by atoms with Crippen LogP contribution in [0.2, 0.25) is 0 Å². The van der Waals surface area contributed by atoms with Gasteiger partial charge in [-0.15, -0.1) is 24.0 Å². The summed E-state index contributed by atoms with van der Waals surface area (Å²) in [6.45, 7) is 12.1. The highest BCUT2D eigenvalue weighted by atomic mass is 127. The van der Waals surface area contributed by atoms with Gasteiger partial charge in [-0.1, -0.05) is 13.8 Å². The first-order valence-corrected chi connectivity index (χ1v) is 7.16. The van der Waals surface area contributed by atoms with Gasteiger partial charge in [-0.2, -0.15) is 0 Å². The summed E-state index contributed by atoms with van der Waals surface area (Å²) in [6.07, 6.45) is -0.249. The molecule has 21 heavy (non-hydrogen) atoms. The van der Waals surface area contributed by atoms with E-state index in [2.05, 4.69) is 29.5 Å². The van der Waals surface area contributed by atoms with E-state index in [0.29, 0.717) is 19.0 Å². The third kappa shape index (κ3) is 7.73. The highest BCUT2D eigenvalue weighted by molar-refractivity contribution is 14.0. The molecule has 0 aliphatic carbocycles. The minimum Gasteiger partial charge on any atom is -0.444 e. The summed E-state index contributed by atoms with van der Waals surface area (Å²) in [7, 11) is 1.75. The zero-order valence-corrected chi connectivity index (χ0v) is 16.2. The molecule has 1 saturated heterocycles. The molecule has 0 bridgehead atoms. The molecule has 0 spiro atoms. The van der Waals surface area contributed by atoms with Gasteiger partial charge < -0.3 is 20.3 Å². The SMILES string of the molecule is CN=C(NCC(C)C)NC1CN(C(=O)OC(C)(C)C)C1.I. The van der Waals surface area contributed by atoms with Crippen LogP contribution >= 0.6 is 24.0 Å². The van der Waals surface area contributed by atoms with Crippen LogP contribution in [0.15, 0.2) is 4.99 Å². The van der Waals surface area contributed by atoms with Gasteiger partial charge in [0, 0.05) is 26.7 Å². The number of carbonyl (C=O) groups excluding carboxylic acids is 1. The van der Waals surface area contributed by atoms with Gasteiger partial charge in [0.25, 0.3) is 0 Å². The van der Waals surface area contributed by atoms with E-state index in [1.165, 1.54) is 0 Å². The molecule has 1 amide bonds. The van der Waals surface area contributed by atoms with Gasteiger partial charge in [0.1, 0.15) is 5.60 Å². The number of carbonyl (C=O) groups is 1. The second kappa shape index (κ2) is 8.65. The Kier molecular flexibility index (Phi) is 8.35. The van der Waals surface area contributed by atoms with E-state index >= 15 is 0 Å². The van der Waals surface area contributed by atoms with Crippen LogP contribution in [0.3, 0.4) is 0 Å². The number of ether oxygens (including phenoxy) is 1. The van der Waals surface area contributed by atoms with Crippen molar-refractivity contribution in [3.05, 3.63) is 0 Å². The third-order valence-electron chi connectivity index (χ3n) is 2.78. The van der Waals surface area contributed by atoms with E-state index in [1.807, 2.05) is 20.8 Å². The predicted octanol–water partition coefficient (Wildman–Crippen LogP) is 2.04. The lowest BCUT2D eigenvalue weighted by atomic mass is 10.1. The Morgan fingerprint density at radius 3 is 2.38 bits per heavy atom. The summed E-state index contributed by atoms with van der Waals surface area (Å²) >= 11 is 0. The molecule has 0 aromatic carbocycles. The van der Waals surface area contributed by atoms with E-state index in [4.69, 9.17) is 4.74 Å². The number of nitrogens with zero attached hydrogens (tertiary/aromatic N) is 2. The number of guanidine groups is 1. The number of nitrogens with one attached hydrogen (secondary N) is 2. The van der Waals surface area contributed by atoms with Gasteiger partial charge in [-0.25, -0.2) is 4.79 Å². The van der Waals surface area contributed by atoms with E-state index in [9.17, 15) is 4.79 Å². The number of amides is 1. The Bertz CT molecular complexity index is 360. The molecule has 0 saturated carbocycles. The molecule has 0 unspecified atom stereocenters. The second-order valence-corrected chi connectivity index (χ2v) is 6.57. The fourth-order valence-electron chi connectivity index (χ4n) is 1.73. The summed E-state index contributed by atoms with van der Waals surface area (Å²) in [5.41, 5.74) is -0.440. The van der Waals surface area contributed by atoms with Crippen molar-refractivity contribution in [3.8, 4) is 0 Å². The maximum absolute atomic E-state index is 11.8. The highest BCUT2D eigenvalue weighted by Gasteiger charge is 2.34. The number of hydrogen-bond donors (Lipinski definition) is 2. The van der Waals surface area contributed by atoms with E-state index in [1.54, 1.807) is 11.9 Å². The summed E-state index contributed by atoms with van der Waals surface area (Å²) in [6, 6.07) is 0.237. The molecule has 0 radical (unpaired) electrons. The van der Waals surface area contributed by atoms with Crippen LogP contribution in [0.4, 0.5) is 4.79 Å². The molecule has 124 valence electrons. The molecule has 1 fully saturated rings. The zero-order chi connectivity index (χ0) is 15.3. The van der Waals surface area contributed by atoms with Gasteiger partial charge in [0.05, 0.1) is 6.04 Å². The maximum Gasteiger partial charge on any atom is 0.410 e. The van der Waals surface area contributed by atoms with Crippen LogP contribution in [0.1, 0.15) is 34.6 Å². The average molecular weight is 412 g/mol. The minimum absolute atomic E-state index is 0. The molecule has 0 atom stereocenters. The molecule has 6 nitrogen and oxygen atoms in total. The number of likely N-dealkylation sites (tertiary alicyclic amines) is 1. The van der Waals surface area contributed by atoms with Crippen molar-refractivity contribution in [1.29, 1.82) is 0 Å². The van der Waals surface area contributed by atoms with Crippen LogP contribution < -0.4 is 10.6 Å². The van der Waals surface area contributed by atoms with Gasteiger partial charge in [-0.3, -0.25) is 4.99 Å². The quantitative estimate of drug-likeness (QED) is 0.423. The average Bonchev–Trinajstić information content (AvgIpc) is 2.23. The van der Waals surface area contributed by atoms with Crippen molar-refractivity contribution in [2.45, 2.75) is 46.3 Å². The lowest BCUT2D eigenvalue weighted by Crippen LogP contribution is -2.63. The molecule has 1 aliphatic heterocycles. The Hall–Kier alpha value is -0.730.